The zero-order valence-corrected chi connectivity index (χ0v) is 17.4. The first-order chi connectivity index (χ1) is 11.5. The van der Waals surface area contributed by atoms with Gasteiger partial charge in [0.25, 0.3) is 5.56 Å². The van der Waals surface area contributed by atoms with Crippen molar-refractivity contribution in [3.63, 3.8) is 0 Å². The Balaban J connectivity index is 2.22. The molecule has 2 aromatic heterocycles. The van der Waals surface area contributed by atoms with E-state index in [1.54, 1.807) is 30.0 Å². The Kier molecular flexibility index (Phi) is 5.74. The predicted molar refractivity (Wildman–Crippen MR) is 105 cm³/mol. The van der Waals surface area contributed by atoms with E-state index < -0.39 is 8.32 Å². The van der Waals surface area contributed by atoms with Crippen LogP contribution < -0.4 is 10.3 Å². The third kappa shape index (κ3) is 4.49. The van der Waals surface area contributed by atoms with Crippen molar-refractivity contribution in [3.8, 4) is 5.75 Å². The van der Waals surface area contributed by atoms with Gasteiger partial charge in [-0.1, -0.05) is 27.7 Å². The molecule has 0 radical (unpaired) electrons. The number of rotatable bonds is 6. The molecule has 1 unspecified atom stereocenters. The normalized spacial score (nSPS) is 13.9. The lowest BCUT2D eigenvalue weighted by molar-refractivity contribution is 0.224. The highest BCUT2D eigenvalue weighted by molar-refractivity contribution is 6.74. The molecule has 1 atom stereocenters. The molecule has 0 N–H and O–H groups in total. The highest BCUT2D eigenvalue weighted by Crippen LogP contribution is 2.36. The Bertz CT molecular complexity index is 793. The number of hydrogen-bond acceptors (Lipinski definition) is 4. The molecule has 0 saturated carbocycles. The summed E-state index contributed by atoms with van der Waals surface area (Å²) in [7, 11) is -0.186. The Hall–Kier alpha value is -1.66. The molecule has 2 heterocycles. The highest BCUT2D eigenvalue weighted by Gasteiger charge is 2.37. The fraction of sp³-hybridized carbons (Fsp3) is 0.579. The minimum Gasteiger partial charge on any atom is -0.495 e. The van der Waals surface area contributed by atoms with Crippen LogP contribution in [-0.4, -0.2) is 31.6 Å². The SMILES string of the molecule is COc1cnc2ccc(=O)n(CC(C)CO[Si](C)(C)C(C)(C)C)c2c1. The number of nitrogens with zero attached hydrogens (tertiary/aromatic N) is 2. The average Bonchev–Trinajstić information content (AvgIpc) is 2.54. The lowest BCUT2D eigenvalue weighted by Gasteiger charge is -2.37. The molecule has 0 aliphatic carbocycles. The van der Waals surface area contributed by atoms with Crippen molar-refractivity contribution in [3.05, 3.63) is 34.7 Å². The van der Waals surface area contributed by atoms with Gasteiger partial charge in [0.05, 0.1) is 24.3 Å². The molecule has 0 fully saturated rings. The van der Waals surface area contributed by atoms with Gasteiger partial charge in [0.15, 0.2) is 8.32 Å². The van der Waals surface area contributed by atoms with Crippen LogP contribution in [0.5, 0.6) is 5.75 Å². The second kappa shape index (κ2) is 7.29. The number of ether oxygens (including phenoxy) is 1. The van der Waals surface area contributed by atoms with Crippen LogP contribution in [0.1, 0.15) is 27.7 Å². The maximum absolute atomic E-state index is 12.4. The van der Waals surface area contributed by atoms with Crippen LogP contribution in [0.4, 0.5) is 0 Å². The summed E-state index contributed by atoms with van der Waals surface area (Å²) < 4.78 is 13.3. The van der Waals surface area contributed by atoms with E-state index in [9.17, 15) is 4.79 Å². The Morgan fingerprint density at radius 2 is 1.96 bits per heavy atom. The van der Waals surface area contributed by atoms with Crippen molar-refractivity contribution >= 4 is 19.4 Å². The molecular formula is C19H30N2O3Si. The van der Waals surface area contributed by atoms with Gasteiger partial charge >= 0.3 is 0 Å². The first-order valence-electron chi connectivity index (χ1n) is 8.73. The molecule has 2 rings (SSSR count). The third-order valence-electron chi connectivity index (χ3n) is 5.08. The van der Waals surface area contributed by atoms with Crippen LogP contribution in [0.25, 0.3) is 11.0 Å². The lowest BCUT2D eigenvalue weighted by atomic mass is 10.2. The van der Waals surface area contributed by atoms with Gasteiger partial charge in [-0.2, -0.15) is 0 Å². The fourth-order valence-electron chi connectivity index (χ4n) is 2.38. The van der Waals surface area contributed by atoms with E-state index in [0.29, 0.717) is 18.9 Å². The van der Waals surface area contributed by atoms with Crippen LogP contribution in [0.3, 0.4) is 0 Å². The molecule has 0 aromatic carbocycles. The number of hydrogen-bond donors (Lipinski definition) is 0. The van der Waals surface area contributed by atoms with Crippen LogP contribution in [0.15, 0.2) is 29.2 Å². The van der Waals surface area contributed by atoms with E-state index in [1.807, 2.05) is 6.07 Å². The molecule has 0 amide bonds. The summed E-state index contributed by atoms with van der Waals surface area (Å²) in [5.74, 6) is 0.876. The van der Waals surface area contributed by atoms with Crippen LogP contribution >= 0.6 is 0 Å². The molecule has 0 saturated heterocycles. The van der Waals surface area contributed by atoms with E-state index in [4.69, 9.17) is 9.16 Å². The summed E-state index contributed by atoms with van der Waals surface area (Å²) >= 11 is 0. The van der Waals surface area contributed by atoms with Crippen LogP contribution in [0.2, 0.25) is 18.1 Å². The van der Waals surface area contributed by atoms with Gasteiger partial charge in [0.1, 0.15) is 5.75 Å². The van der Waals surface area contributed by atoms with E-state index in [0.717, 1.165) is 11.0 Å². The smallest absolute Gasteiger partial charge is 0.251 e. The largest absolute Gasteiger partial charge is 0.495 e. The van der Waals surface area contributed by atoms with Crippen molar-refractivity contribution in [1.82, 2.24) is 9.55 Å². The van der Waals surface area contributed by atoms with Crippen LogP contribution in [0, 0.1) is 5.92 Å². The van der Waals surface area contributed by atoms with Gasteiger partial charge in [-0.05, 0) is 30.1 Å². The van der Waals surface area contributed by atoms with E-state index in [2.05, 4.69) is 45.8 Å². The quantitative estimate of drug-likeness (QED) is 0.727. The summed E-state index contributed by atoms with van der Waals surface area (Å²) in [6.07, 6.45) is 1.67. The maximum atomic E-state index is 12.4. The highest BCUT2D eigenvalue weighted by atomic mass is 28.4. The van der Waals surface area contributed by atoms with Gasteiger partial charge in [0, 0.05) is 25.3 Å². The lowest BCUT2D eigenvalue weighted by Crippen LogP contribution is -2.42. The summed E-state index contributed by atoms with van der Waals surface area (Å²) in [6.45, 7) is 14.6. The maximum Gasteiger partial charge on any atom is 0.251 e. The molecule has 5 nitrogen and oxygen atoms in total. The standard InChI is InChI=1S/C19H30N2O3Si/c1-14(13-24-25(6,7)19(2,3)4)12-21-17-10-15(23-5)11-20-16(17)8-9-18(21)22/h8-11,14H,12-13H2,1-7H3. The van der Waals surface area contributed by atoms with Crippen molar-refractivity contribution < 1.29 is 9.16 Å². The minimum absolute atomic E-state index is 0.0262. The second-order valence-corrected chi connectivity index (χ2v) is 13.0. The topological polar surface area (TPSA) is 53.3 Å². The number of methoxy groups -OCH3 is 1. The fourth-order valence-corrected chi connectivity index (χ4v) is 3.51. The molecule has 6 heteroatoms. The molecule has 25 heavy (non-hydrogen) atoms. The molecule has 138 valence electrons. The van der Waals surface area contributed by atoms with Crippen LogP contribution in [-0.2, 0) is 11.0 Å². The van der Waals surface area contributed by atoms with Crippen molar-refractivity contribution in [2.24, 2.45) is 5.92 Å². The minimum atomic E-state index is -1.79. The van der Waals surface area contributed by atoms with Gasteiger partial charge in [-0.3, -0.25) is 9.78 Å². The number of aromatic nitrogens is 2. The Labute approximate surface area is 151 Å². The Morgan fingerprint density at radius 1 is 1.28 bits per heavy atom. The predicted octanol–water partition coefficient (Wildman–Crippen LogP) is 4.06. The van der Waals surface area contributed by atoms with Crippen molar-refractivity contribution in [2.75, 3.05) is 13.7 Å². The summed E-state index contributed by atoms with van der Waals surface area (Å²) in [5.41, 5.74) is 1.56. The monoisotopic (exact) mass is 362 g/mol. The zero-order valence-electron chi connectivity index (χ0n) is 16.4. The van der Waals surface area contributed by atoms with Gasteiger partial charge < -0.3 is 13.7 Å². The van der Waals surface area contributed by atoms with Gasteiger partial charge in [-0.25, -0.2) is 0 Å². The van der Waals surface area contributed by atoms with E-state index in [1.165, 1.54) is 0 Å². The average molecular weight is 363 g/mol. The summed E-state index contributed by atoms with van der Waals surface area (Å²) in [4.78, 5) is 16.8. The van der Waals surface area contributed by atoms with Crippen molar-refractivity contribution in [2.45, 2.75) is 52.4 Å². The number of pyridine rings is 2. The third-order valence-corrected chi connectivity index (χ3v) is 9.58. The van der Waals surface area contributed by atoms with Gasteiger partial charge in [0.2, 0.25) is 0 Å². The molecular weight excluding hydrogens is 332 g/mol. The number of fused-ring (bicyclic) bond motifs is 1. The van der Waals surface area contributed by atoms with E-state index in [-0.39, 0.29) is 16.5 Å². The Morgan fingerprint density at radius 3 is 2.56 bits per heavy atom. The van der Waals surface area contributed by atoms with Crippen molar-refractivity contribution in [1.29, 1.82) is 0 Å². The molecule has 2 aromatic rings. The summed E-state index contributed by atoms with van der Waals surface area (Å²) in [6, 6.07) is 5.19. The zero-order chi connectivity index (χ0) is 18.8. The molecule has 0 aliphatic rings. The van der Waals surface area contributed by atoms with Gasteiger partial charge in [-0.15, -0.1) is 0 Å². The second-order valence-electron chi connectivity index (χ2n) is 8.24. The summed E-state index contributed by atoms with van der Waals surface area (Å²) in [5, 5.41) is 0.181. The molecule has 0 bridgehead atoms. The van der Waals surface area contributed by atoms with E-state index >= 15 is 0 Å². The first kappa shape index (κ1) is 19.7. The molecule has 0 spiro atoms. The first-order valence-corrected chi connectivity index (χ1v) is 11.6. The molecule has 0 aliphatic heterocycles.